The Hall–Kier alpha value is -6.02. The lowest BCUT2D eigenvalue weighted by molar-refractivity contribution is 0.660. The van der Waals surface area contributed by atoms with Gasteiger partial charge in [-0.3, -0.25) is 0 Å². The SMILES string of the molecule is CC1(C)c2ccccc2-c2ccc(-c3c4ccccc4c(-c4ccc5c(c4)-c4cc6cc7c(cc6cc4C5(C)C)sc4ccccc47)c4ccccc34)cc21. The van der Waals surface area contributed by atoms with E-state index >= 15 is 0 Å². The first-order valence-electron chi connectivity index (χ1n) is 19.5. The highest BCUT2D eigenvalue weighted by Crippen LogP contribution is 2.54. The average Bonchev–Trinajstić information content (AvgIpc) is 3.76. The maximum absolute atomic E-state index is 2.50. The molecule has 12 rings (SSSR count). The van der Waals surface area contributed by atoms with Crippen molar-refractivity contribution in [3.8, 4) is 44.5 Å². The van der Waals surface area contributed by atoms with Crippen LogP contribution in [0.4, 0.5) is 0 Å². The van der Waals surface area contributed by atoms with Crippen LogP contribution in [0.2, 0.25) is 0 Å². The van der Waals surface area contributed by atoms with Gasteiger partial charge in [0.05, 0.1) is 0 Å². The standard InChI is InChI=1S/C54H38S/c1-53(2)45-19-11-9-13-35(45)36-23-21-32(28-47(36)53)52-40-17-7-5-15-38(40)51(39-16-6-8-18-41(39)52)31-22-24-46-42(25-31)43-26-33-27-44-37-14-10-12-20-49(37)55-50(44)30-34(33)29-48(43)54(46,3)4/h5-30H,1-4H3. The molecule has 0 aliphatic heterocycles. The maximum Gasteiger partial charge on any atom is 0.0361 e. The summed E-state index contributed by atoms with van der Waals surface area (Å²) in [6, 6.07) is 60.2. The maximum atomic E-state index is 2.50. The van der Waals surface area contributed by atoms with Gasteiger partial charge in [0.1, 0.15) is 0 Å². The van der Waals surface area contributed by atoms with Crippen molar-refractivity contribution in [1.82, 2.24) is 0 Å². The molecule has 2 aliphatic carbocycles. The molecular weight excluding hydrogens is 681 g/mol. The van der Waals surface area contributed by atoms with Crippen molar-refractivity contribution in [2.45, 2.75) is 38.5 Å². The molecule has 0 saturated carbocycles. The second-order valence-electron chi connectivity index (χ2n) is 16.8. The Morgan fingerprint density at radius 1 is 0.327 bits per heavy atom. The molecule has 260 valence electrons. The van der Waals surface area contributed by atoms with Crippen LogP contribution in [0.3, 0.4) is 0 Å². The summed E-state index contributed by atoms with van der Waals surface area (Å²) in [5, 5.41) is 10.5. The van der Waals surface area contributed by atoms with Gasteiger partial charge < -0.3 is 0 Å². The van der Waals surface area contributed by atoms with Crippen LogP contribution in [0.5, 0.6) is 0 Å². The van der Waals surface area contributed by atoms with E-state index in [9.17, 15) is 0 Å². The van der Waals surface area contributed by atoms with Crippen LogP contribution in [-0.4, -0.2) is 0 Å². The van der Waals surface area contributed by atoms with E-state index in [1.54, 1.807) is 0 Å². The molecule has 2 aliphatic rings. The van der Waals surface area contributed by atoms with E-state index in [-0.39, 0.29) is 10.8 Å². The molecule has 0 atom stereocenters. The Morgan fingerprint density at radius 3 is 1.55 bits per heavy atom. The summed E-state index contributed by atoms with van der Waals surface area (Å²) < 4.78 is 2.71. The van der Waals surface area contributed by atoms with Crippen LogP contribution in [0.1, 0.15) is 49.9 Å². The van der Waals surface area contributed by atoms with Crippen LogP contribution in [0, 0.1) is 0 Å². The summed E-state index contributed by atoms with van der Waals surface area (Å²) in [5.41, 5.74) is 16.1. The third-order valence-corrected chi connectivity index (χ3v) is 14.4. The zero-order chi connectivity index (χ0) is 36.8. The molecule has 0 N–H and O–H groups in total. The lowest BCUT2D eigenvalue weighted by Crippen LogP contribution is -2.14. The summed E-state index contributed by atoms with van der Waals surface area (Å²) in [6.07, 6.45) is 0. The van der Waals surface area contributed by atoms with E-state index in [0.29, 0.717) is 0 Å². The summed E-state index contributed by atoms with van der Waals surface area (Å²) in [4.78, 5) is 0. The molecule has 1 aromatic heterocycles. The fraction of sp³-hybridized carbons (Fsp3) is 0.111. The van der Waals surface area contributed by atoms with Gasteiger partial charge in [-0.1, -0.05) is 143 Å². The van der Waals surface area contributed by atoms with Crippen molar-refractivity contribution in [2.24, 2.45) is 0 Å². The molecule has 0 bridgehead atoms. The largest absolute Gasteiger partial charge is 0.135 e. The number of rotatable bonds is 2. The molecule has 0 unspecified atom stereocenters. The predicted molar refractivity (Wildman–Crippen MR) is 238 cm³/mol. The minimum Gasteiger partial charge on any atom is -0.135 e. The lowest BCUT2D eigenvalue weighted by atomic mass is 9.80. The topological polar surface area (TPSA) is 0 Å². The normalized spacial score (nSPS) is 14.8. The van der Waals surface area contributed by atoms with Gasteiger partial charge in [-0.05, 0) is 142 Å². The van der Waals surface area contributed by atoms with E-state index in [1.807, 2.05) is 11.3 Å². The Labute approximate surface area is 325 Å². The van der Waals surface area contributed by atoms with Gasteiger partial charge in [0, 0.05) is 31.0 Å². The van der Waals surface area contributed by atoms with Crippen molar-refractivity contribution < 1.29 is 0 Å². The summed E-state index contributed by atoms with van der Waals surface area (Å²) >= 11 is 1.90. The Balaban J connectivity index is 1.08. The fourth-order valence-electron chi connectivity index (χ4n) is 10.5. The molecule has 0 amide bonds. The van der Waals surface area contributed by atoms with Crippen molar-refractivity contribution in [3.05, 3.63) is 180 Å². The number of fused-ring (bicyclic) bond motifs is 12. The molecule has 0 spiro atoms. The molecular formula is C54H38S. The minimum absolute atomic E-state index is 0.0587. The number of hydrogen-bond donors (Lipinski definition) is 0. The molecule has 1 heterocycles. The fourth-order valence-corrected chi connectivity index (χ4v) is 11.6. The highest BCUT2D eigenvalue weighted by molar-refractivity contribution is 7.25. The summed E-state index contributed by atoms with van der Waals surface area (Å²) in [6.45, 7) is 9.55. The van der Waals surface area contributed by atoms with E-state index in [0.717, 1.165) is 0 Å². The van der Waals surface area contributed by atoms with E-state index < -0.39 is 0 Å². The first-order valence-corrected chi connectivity index (χ1v) is 20.3. The summed E-state index contributed by atoms with van der Waals surface area (Å²) in [5.74, 6) is 0. The van der Waals surface area contributed by atoms with Crippen LogP contribution in [0.15, 0.2) is 158 Å². The molecule has 55 heavy (non-hydrogen) atoms. The molecule has 0 saturated heterocycles. The van der Waals surface area contributed by atoms with Gasteiger partial charge >= 0.3 is 0 Å². The van der Waals surface area contributed by atoms with Gasteiger partial charge in [-0.25, -0.2) is 0 Å². The third-order valence-electron chi connectivity index (χ3n) is 13.2. The third kappa shape index (κ3) is 4.17. The van der Waals surface area contributed by atoms with Crippen LogP contribution < -0.4 is 0 Å². The van der Waals surface area contributed by atoms with Crippen molar-refractivity contribution in [2.75, 3.05) is 0 Å². The molecule has 0 fully saturated rings. The Kier molecular flexibility index (Phi) is 6.16. The van der Waals surface area contributed by atoms with Gasteiger partial charge in [0.2, 0.25) is 0 Å². The lowest BCUT2D eigenvalue weighted by Gasteiger charge is -2.23. The average molecular weight is 719 g/mol. The van der Waals surface area contributed by atoms with Gasteiger partial charge in [0.25, 0.3) is 0 Å². The second kappa shape index (κ2) is 10.8. The minimum atomic E-state index is -0.0957. The molecule has 1 heteroatoms. The first-order chi connectivity index (χ1) is 26.8. The zero-order valence-electron chi connectivity index (χ0n) is 31.4. The molecule has 9 aromatic carbocycles. The van der Waals surface area contributed by atoms with Crippen LogP contribution >= 0.6 is 11.3 Å². The van der Waals surface area contributed by atoms with Gasteiger partial charge in [0.15, 0.2) is 0 Å². The van der Waals surface area contributed by atoms with Gasteiger partial charge in [-0.15, -0.1) is 11.3 Å². The number of thiophene rings is 1. The second-order valence-corrected chi connectivity index (χ2v) is 17.9. The monoisotopic (exact) mass is 718 g/mol. The number of benzene rings is 9. The Morgan fingerprint density at radius 2 is 0.836 bits per heavy atom. The first kappa shape index (κ1) is 31.3. The number of hydrogen-bond acceptors (Lipinski definition) is 1. The highest BCUT2D eigenvalue weighted by Gasteiger charge is 2.37. The highest BCUT2D eigenvalue weighted by atomic mass is 32.1. The van der Waals surface area contributed by atoms with E-state index in [4.69, 9.17) is 0 Å². The van der Waals surface area contributed by atoms with Crippen molar-refractivity contribution in [3.63, 3.8) is 0 Å². The zero-order valence-corrected chi connectivity index (χ0v) is 32.2. The molecule has 10 aromatic rings. The van der Waals surface area contributed by atoms with E-state index in [2.05, 4.69) is 185 Å². The smallest absolute Gasteiger partial charge is 0.0361 e. The van der Waals surface area contributed by atoms with Crippen LogP contribution in [-0.2, 0) is 10.8 Å². The molecule has 0 nitrogen and oxygen atoms in total. The van der Waals surface area contributed by atoms with Crippen molar-refractivity contribution >= 4 is 63.8 Å². The quantitative estimate of drug-likeness (QED) is 0.156. The van der Waals surface area contributed by atoms with Crippen molar-refractivity contribution in [1.29, 1.82) is 0 Å². The van der Waals surface area contributed by atoms with Gasteiger partial charge in [-0.2, -0.15) is 0 Å². The Bertz CT molecular complexity index is 3260. The van der Waals surface area contributed by atoms with E-state index in [1.165, 1.54) is 119 Å². The summed E-state index contributed by atoms with van der Waals surface area (Å²) in [7, 11) is 0. The predicted octanol–water partition coefficient (Wildman–Crippen LogP) is 15.5. The van der Waals surface area contributed by atoms with Crippen LogP contribution in [0.25, 0.3) is 97.0 Å². The molecule has 0 radical (unpaired) electrons.